The lowest BCUT2D eigenvalue weighted by molar-refractivity contribution is -0.120. The summed E-state index contributed by atoms with van der Waals surface area (Å²) >= 11 is 0. The molecule has 0 bridgehead atoms. The predicted octanol–water partition coefficient (Wildman–Crippen LogP) is 3.87. The molecule has 1 aliphatic heterocycles. The zero-order valence-electron chi connectivity index (χ0n) is 19.0. The molecule has 1 unspecified atom stereocenters. The molecule has 1 saturated heterocycles. The molecule has 1 amide bonds. The number of benzene rings is 1. The molecule has 2 heterocycles. The van der Waals surface area contributed by atoms with Gasteiger partial charge in [0, 0.05) is 18.3 Å². The predicted molar refractivity (Wildman–Crippen MR) is 125 cm³/mol. The molecule has 1 aromatic carbocycles. The number of aromatic nitrogens is 3. The molecule has 33 heavy (non-hydrogen) atoms. The number of aromatic hydroxyl groups is 1. The van der Waals surface area contributed by atoms with Gasteiger partial charge in [-0.05, 0) is 56.8 Å². The van der Waals surface area contributed by atoms with Gasteiger partial charge in [-0.1, -0.05) is 26.2 Å². The summed E-state index contributed by atoms with van der Waals surface area (Å²) in [7, 11) is 0. The van der Waals surface area contributed by atoms with E-state index in [1.54, 1.807) is 0 Å². The van der Waals surface area contributed by atoms with Gasteiger partial charge >= 0.3 is 0 Å². The summed E-state index contributed by atoms with van der Waals surface area (Å²) in [5.74, 6) is -0.0872. The van der Waals surface area contributed by atoms with E-state index >= 15 is 0 Å². The van der Waals surface area contributed by atoms with Crippen LogP contribution in [0.25, 0.3) is 0 Å². The highest BCUT2D eigenvalue weighted by Gasteiger charge is 2.30. The highest BCUT2D eigenvalue weighted by molar-refractivity contribution is 5.93. The number of nitrogens with one attached hydrogen (secondary N) is 3. The van der Waals surface area contributed by atoms with E-state index in [1.165, 1.54) is 44.2 Å². The smallest absolute Gasteiger partial charge is 0.244 e. The first-order valence-corrected chi connectivity index (χ1v) is 11.8. The van der Waals surface area contributed by atoms with E-state index in [4.69, 9.17) is 0 Å². The van der Waals surface area contributed by atoms with Crippen LogP contribution in [0.15, 0.2) is 18.2 Å². The van der Waals surface area contributed by atoms with Crippen LogP contribution in [0.2, 0.25) is 0 Å². The van der Waals surface area contributed by atoms with Crippen LogP contribution in [0.1, 0.15) is 51.9 Å². The van der Waals surface area contributed by atoms with Gasteiger partial charge in [0.05, 0.1) is 6.04 Å². The number of likely N-dealkylation sites (N-methyl/N-ethyl adjacent to an activating group) is 1. The van der Waals surface area contributed by atoms with E-state index in [0.29, 0.717) is 17.6 Å². The summed E-state index contributed by atoms with van der Waals surface area (Å²) in [5.41, 5.74) is 0.375. The first kappa shape index (κ1) is 23.2. The van der Waals surface area contributed by atoms with Crippen LogP contribution in [0.3, 0.4) is 0 Å². The molecule has 1 aromatic heterocycles. The number of nitrogens with zero attached hydrogens (tertiary/aromatic N) is 4. The molecular formula is C23H32FN7O2. The highest BCUT2D eigenvalue weighted by Crippen LogP contribution is 2.25. The number of hydrogen-bond acceptors (Lipinski definition) is 8. The zero-order valence-corrected chi connectivity index (χ0v) is 19.0. The number of anilines is 4. The number of halogens is 1. The van der Waals surface area contributed by atoms with Crippen LogP contribution >= 0.6 is 0 Å². The Morgan fingerprint density at radius 2 is 1.85 bits per heavy atom. The van der Waals surface area contributed by atoms with Crippen molar-refractivity contribution in [3.05, 3.63) is 24.0 Å². The third kappa shape index (κ3) is 6.07. The van der Waals surface area contributed by atoms with E-state index in [1.807, 2.05) is 6.92 Å². The fraction of sp³-hybridized carbons (Fsp3) is 0.565. The van der Waals surface area contributed by atoms with Gasteiger partial charge in [0.15, 0.2) is 11.6 Å². The fourth-order valence-corrected chi connectivity index (χ4v) is 4.60. The summed E-state index contributed by atoms with van der Waals surface area (Å²) in [6.07, 6.45) is 7.89. The molecule has 1 atom stereocenters. The number of amides is 1. The van der Waals surface area contributed by atoms with E-state index in [0.717, 1.165) is 38.5 Å². The van der Waals surface area contributed by atoms with Gasteiger partial charge in [0.2, 0.25) is 23.8 Å². The van der Waals surface area contributed by atoms with Gasteiger partial charge in [-0.15, -0.1) is 0 Å². The summed E-state index contributed by atoms with van der Waals surface area (Å²) in [5, 5.41) is 18.5. The summed E-state index contributed by atoms with van der Waals surface area (Å²) in [6, 6.07) is 3.73. The summed E-state index contributed by atoms with van der Waals surface area (Å²) in [6.45, 7) is 4.50. The molecule has 2 aromatic rings. The zero-order chi connectivity index (χ0) is 23.2. The van der Waals surface area contributed by atoms with Gasteiger partial charge in [-0.25, -0.2) is 4.39 Å². The van der Waals surface area contributed by atoms with E-state index in [9.17, 15) is 14.3 Å². The molecule has 0 radical (unpaired) electrons. The Morgan fingerprint density at radius 1 is 1.09 bits per heavy atom. The van der Waals surface area contributed by atoms with Gasteiger partial charge in [-0.2, -0.15) is 15.0 Å². The van der Waals surface area contributed by atoms with Crippen LogP contribution in [0, 0.1) is 11.7 Å². The lowest BCUT2D eigenvalue weighted by atomic mass is 9.89. The van der Waals surface area contributed by atoms with Crippen molar-refractivity contribution in [2.45, 2.75) is 57.9 Å². The lowest BCUT2D eigenvalue weighted by Gasteiger charge is -2.22. The average Bonchev–Trinajstić information content (AvgIpc) is 3.30. The topological polar surface area (TPSA) is 115 Å². The van der Waals surface area contributed by atoms with Gasteiger partial charge in [0.25, 0.3) is 0 Å². The average molecular weight is 458 g/mol. The molecular weight excluding hydrogens is 425 g/mol. The normalized spacial score (nSPS) is 19.4. The van der Waals surface area contributed by atoms with Crippen LogP contribution in [0.4, 0.5) is 27.9 Å². The van der Waals surface area contributed by atoms with Crippen molar-refractivity contribution in [3.8, 4) is 5.75 Å². The second kappa shape index (κ2) is 10.7. The first-order valence-electron chi connectivity index (χ1n) is 11.8. The largest absolute Gasteiger partial charge is 0.505 e. The molecule has 1 aliphatic carbocycles. The Bertz CT molecular complexity index is 968. The summed E-state index contributed by atoms with van der Waals surface area (Å²) in [4.78, 5) is 28.2. The number of rotatable bonds is 8. The number of hydrogen-bond donors (Lipinski definition) is 4. The number of likely N-dealkylation sites (tertiary alicyclic amines) is 1. The minimum atomic E-state index is -0.751. The van der Waals surface area contributed by atoms with Crippen LogP contribution in [-0.4, -0.2) is 56.5 Å². The number of carbonyl (C=O) groups is 1. The van der Waals surface area contributed by atoms with Crippen molar-refractivity contribution < 1.29 is 14.3 Å². The molecule has 9 nitrogen and oxygen atoms in total. The van der Waals surface area contributed by atoms with Gasteiger partial charge in [-0.3, -0.25) is 15.0 Å². The van der Waals surface area contributed by atoms with Crippen molar-refractivity contribution in [3.63, 3.8) is 0 Å². The minimum Gasteiger partial charge on any atom is -0.505 e. The van der Waals surface area contributed by atoms with Crippen LogP contribution in [-0.2, 0) is 4.79 Å². The standard InChI is InChI=1S/C23H32FN7O2/c1-2-31-12-6-9-18(31)20(33)27-23-29-21(25-14-15-7-4-3-5-8-15)28-22(30-23)26-16-10-11-19(32)17(24)13-16/h10-11,13,15,18,32H,2-9,12,14H2,1H3,(H3,25,26,27,28,29,30,33). The second-order valence-electron chi connectivity index (χ2n) is 8.76. The van der Waals surface area contributed by atoms with Crippen molar-refractivity contribution >= 4 is 29.4 Å². The van der Waals surface area contributed by atoms with Crippen LogP contribution in [0.5, 0.6) is 5.75 Å². The number of phenolic OH excluding ortho intramolecular Hbond substituents is 1. The third-order valence-electron chi connectivity index (χ3n) is 6.42. The summed E-state index contributed by atoms with van der Waals surface area (Å²) < 4.78 is 13.8. The van der Waals surface area contributed by atoms with E-state index in [-0.39, 0.29) is 23.8 Å². The number of carbonyl (C=O) groups excluding carboxylic acids is 1. The van der Waals surface area contributed by atoms with E-state index < -0.39 is 11.6 Å². The maximum Gasteiger partial charge on any atom is 0.244 e. The third-order valence-corrected chi connectivity index (χ3v) is 6.42. The molecule has 4 N–H and O–H groups in total. The molecule has 0 spiro atoms. The van der Waals surface area contributed by atoms with Crippen molar-refractivity contribution in [2.75, 3.05) is 35.6 Å². The van der Waals surface area contributed by atoms with Crippen LogP contribution < -0.4 is 16.0 Å². The maximum absolute atomic E-state index is 13.8. The van der Waals surface area contributed by atoms with Crippen molar-refractivity contribution in [1.29, 1.82) is 0 Å². The highest BCUT2D eigenvalue weighted by atomic mass is 19.1. The Labute approximate surface area is 193 Å². The fourth-order valence-electron chi connectivity index (χ4n) is 4.60. The minimum absolute atomic E-state index is 0.139. The SMILES string of the molecule is CCN1CCCC1C(=O)Nc1nc(NCC2CCCCC2)nc(Nc2ccc(O)c(F)c2)n1. The monoisotopic (exact) mass is 457 g/mol. The maximum atomic E-state index is 13.8. The molecule has 1 saturated carbocycles. The Morgan fingerprint density at radius 3 is 2.61 bits per heavy atom. The molecule has 178 valence electrons. The van der Waals surface area contributed by atoms with E-state index in [2.05, 4.69) is 35.8 Å². The molecule has 10 heteroatoms. The quantitative estimate of drug-likeness (QED) is 0.442. The lowest BCUT2D eigenvalue weighted by Crippen LogP contribution is -2.39. The second-order valence-corrected chi connectivity index (χ2v) is 8.76. The van der Waals surface area contributed by atoms with Crippen molar-refractivity contribution in [1.82, 2.24) is 19.9 Å². The number of phenols is 1. The Balaban J connectivity index is 1.52. The Kier molecular flexibility index (Phi) is 7.54. The Hall–Kier alpha value is -3.01. The molecule has 2 fully saturated rings. The first-order chi connectivity index (χ1) is 16.0. The van der Waals surface area contributed by atoms with Crippen molar-refractivity contribution in [2.24, 2.45) is 5.92 Å². The van der Waals surface area contributed by atoms with Gasteiger partial charge < -0.3 is 15.7 Å². The van der Waals surface area contributed by atoms with Gasteiger partial charge in [0.1, 0.15) is 0 Å². The molecule has 4 rings (SSSR count). The molecule has 2 aliphatic rings.